The number of imidazole rings is 1. The second kappa shape index (κ2) is 10.1. The van der Waals surface area contributed by atoms with Gasteiger partial charge < -0.3 is 9.47 Å². The van der Waals surface area contributed by atoms with E-state index in [0.717, 1.165) is 5.56 Å². The van der Waals surface area contributed by atoms with Crippen LogP contribution in [0.1, 0.15) is 41.3 Å². The molecule has 0 saturated heterocycles. The summed E-state index contributed by atoms with van der Waals surface area (Å²) in [6.07, 6.45) is 1.61. The zero-order chi connectivity index (χ0) is 26.0. The molecule has 0 saturated carbocycles. The number of carbonyl (C=O) groups excluding carboxylic acids is 1. The summed E-state index contributed by atoms with van der Waals surface area (Å²) in [7, 11) is 3.13. The Kier molecular flexibility index (Phi) is 7.13. The lowest BCUT2D eigenvalue weighted by Gasteiger charge is -2.28. The summed E-state index contributed by atoms with van der Waals surface area (Å²) in [6.45, 7) is 4.00. The Morgan fingerprint density at radius 3 is 2.31 bits per heavy atom. The van der Waals surface area contributed by atoms with Crippen LogP contribution >= 0.6 is 11.6 Å². The van der Waals surface area contributed by atoms with Gasteiger partial charge in [-0.3, -0.25) is 9.36 Å². The van der Waals surface area contributed by atoms with Crippen molar-refractivity contribution in [2.75, 3.05) is 14.2 Å². The quantitative estimate of drug-likeness (QED) is 0.251. The highest BCUT2D eigenvalue weighted by atomic mass is 35.5. The van der Waals surface area contributed by atoms with Gasteiger partial charge in [-0.15, -0.1) is 0 Å². The van der Waals surface area contributed by atoms with E-state index in [9.17, 15) is 13.6 Å². The van der Waals surface area contributed by atoms with Crippen molar-refractivity contribution in [1.82, 2.24) is 9.55 Å². The topological polar surface area (TPSA) is 53.3 Å². The van der Waals surface area contributed by atoms with Crippen LogP contribution in [0.3, 0.4) is 0 Å². The van der Waals surface area contributed by atoms with Gasteiger partial charge in [0.2, 0.25) is 5.78 Å². The fourth-order valence-electron chi connectivity index (χ4n) is 4.13. The first-order chi connectivity index (χ1) is 17.1. The zero-order valence-corrected chi connectivity index (χ0v) is 21.1. The van der Waals surface area contributed by atoms with Crippen molar-refractivity contribution >= 4 is 17.4 Å². The molecule has 4 rings (SSSR count). The number of halogens is 3. The van der Waals surface area contributed by atoms with Crippen LogP contribution in [0.5, 0.6) is 11.5 Å². The molecule has 3 aromatic carbocycles. The third-order valence-corrected chi connectivity index (χ3v) is 6.48. The largest absolute Gasteiger partial charge is 0.493 e. The lowest BCUT2D eigenvalue weighted by molar-refractivity contribution is 0.0981. The summed E-state index contributed by atoms with van der Waals surface area (Å²) in [6, 6.07) is 15.6. The third kappa shape index (κ3) is 4.84. The molecule has 0 bridgehead atoms. The molecule has 0 spiro atoms. The van der Waals surface area contributed by atoms with Gasteiger partial charge in [-0.05, 0) is 59.7 Å². The SMILES string of the molecule is COc1ccc(C(C)(C)c2cnc(C(=O)Cc3ccc(F)c(Cl)c3)n2-c2ccc(F)cc2)cc1OC. The molecule has 0 unspecified atom stereocenters. The van der Waals surface area contributed by atoms with Gasteiger partial charge in [0.1, 0.15) is 11.6 Å². The summed E-state index contributed by atoms with van der Waals surface area (Å²) in [5, 5.41) is -0.0579. The van der Waals surface area contributed by atoms with Crippen molar-refractivity contribution in [3.8, 4) is 17.2 Å². The Morgan fingerprint density at radius 1 is 0.972 bits per heavy atom. The average Bonchev–Trinajstić information content (AvgIpc) is 3.32. The van der Waals surface area contributed by atoms with Crippen molar-refractivity contribution in [2.45, 2.75) is 25.7 Å². The summed E-state index contributed by atoms with van der Waals surface area (Å²) in [5.41, 5.74) is 2.10. The minimum absolute atomic E-state index is 0.0333. The van der Waals surface area contributed by atoms with Crippen LogP contribution in [0.2, 0.25) is 5.02 Å². The van der Waals surface area contributed by atoms with Crippen molar-refractivity contribution in [3.63, 3.8) is 0 Å². The first-order valence-corrected chi connectivity index (χ1v) is 11.6. The number of ether oxygens (including phenoxy) is 2. The summed E-state index contributed by atoms with van der Waals surface area (Å²) < 4.78 is 39.9. The van der Waals surface area contributed by atoms with Gasteiger partial charge in [0.15, 0.2) is 17.3 Å². The van der Waals surface area contributed by atoms with E-state index in [1.54, 1.807) is 37.1 Å². The van der Waals surface area contributed by atoms with Crippen molar-refractivity contribution in [3.05, 3.63) is 106 Å². The molecule has 0 aliphatic heterocycles. The lowest BCUT2D eigenvalue weighted by atomic mass is 9.81. The van der Waals surface area contributed by atoms with Crippen LogP contribution < -0.4 is 9.47 Å². The molecule has 8 heteroatoms. The van der Waals surface area contributed by atoms with E-state index in [-0.39, 0.29) is 23.1 Å². The van der Waals surface area contributed by atoms with E-state index >= 15 is 0 Å². The molecule has 0 aliphatic carbocycles. The van der Waals surface area contributed by atoms with E-state index in [2.05, 4.69) is 4.98 Å². The molecule has 1 aromatic heterocycles. The van der Waals surface area contributed by atoms with Gasteiger partial charge in [-0.2, -0.15) is 0 Å². The lowest BCUT2D eigenvalue weighted by Crippen LogP contribution is -2.24. The first kappa shape index (κ1) is 25.4. The van der Waals surface area contributed by atoms with E-state index in [1.807, 2.05) is 32.0 Å². The van der Waals surface area contributed by atoms with Crippen molar-refractivity contribution in [2.24, 2.45) is 0 Å². The number of benzene rings is 3. The van der Waals surface area contributed by atoms with Crippen molar-refractivity contribution < 1.29 is 23.0 Å². The fraction of sp³-hybridized carbons (Fsp3) is 0.214. The molecule has 0 radical (unpaired) electrons. The molecule has 1 heterocycles. The van der Waals surface area contributed by atoms with E-state index < -0.39 is 17.0 Å². The maximum atomic E-state index is 13.7. The highest BCUT2D eigenvalue weighted by Crippen LogP contribution is 2.38. The number of methoxy groups -OCH3 is 2. The molecular weight excluding hydrogens is 486 g/mol. The number of rotatable bonds is 8. The predicted octanol–water partition coefficient (Wildman–Crippen LogP) is 6.57. The van der Waals surface area contributed by atoms with Crippen molar-refractivity contribution in [1.29, 1.82) is 0 Å². The standard InChI is InChI=1S/C28H25ClF2N2O3/c1-28(2,18-6-12-24(35-3)25(15-18)36-4)26-16-32-27(33(26)20-9-7-19(30)8-10-20)23(34)14-17-5-11-22(31)21(29)13-17/h5-13,15-16H,14H2,1-4H3. The molecule has 0 N–H and O–H groups in total. The number of Topliss-reactive ketones (excluding diaryl/α,β-unsaturated/α-hetero) is 1. The molecule has 0 amide bonds. The predicted molar refractivity (Wildman–Crippen MR) is 135 cm³/mol. The number of hydrogen-bond donors (Lipinski definition) is 0. The smallest absolute Gasteiger partial charge is 0.202 e. The van der Waals surface area contributed by atoms with Crippen LogP contribution in [0, 0.1) is 11.6 Å². The molecule has 4 aromatic rings. The number of nitrogens with zero attached hydrogens (tertiary/aromatic N) is 2. The number of ketones is 1. The Hall–Kier alpha value is -3.71. The molecule has 5 nitrogen and oxygen atoms in total. The van der Waals surface area contributed by atoms with Crippen LogP contribution in [-0.2, 0) is 11.8 Å². The monoisotopic (exact) mass is 510 g/mol. The van der Waals surface area contributed by atoms with E-state index in [0.29, 0.717) is 28.4 Å². The van der Waals surface area contributed by atoms with Gasteiger partial charge in [0, 0.05) is 17.5 Å². The highest BCUT2D eigenvalue weighted by molar-refractivity contribution is 6.30. The summed E-state index contributed by atoms with van der Waals surface area (Å²) in [5.74, 6) is 0.0910. The molecule has 36 heavy (non-hydrogen) atoms. The Balaban J connectivity index is 1.83. The number of hydrogen-bond acceptors (Lipinski definition) is 4. The van der Waals surface area contributed by atoms with E-state index in [4.69, 9.17) is 21.1 Å². The van der Waals surface area contributed by atoms with Gasteiger partial charge in [0.25, 0.3) is 0 Å². The van der Waals surface area contributed by atoms with Crippen LogP contribution in [0.15, 0.2) is 66.9 Å². The minimum atomic E-state index is -0.640. The van der Waals surface area contributed by atoms with Gasteiger partial charge >= 0.3 is 0 Å². The number of aromatic nitrogens is 2. The second-order valence-corrected chi connectivity index (χ2v) is 9.23. The Labute approximate surface area is 213 Å². The molecule has 0 aliphatic rings. The second-order valence-electron chi connectivity index (χ2n) is 8.82. The maximum absolute atomic E-state index is 13.7. The molecule has 0 atom stereocenters. The Bertz CT molecular complexity index is 1420. The third-order valence-electron chi connectivity index (χ3n) is 6.19. The normalized spacial score (nSPS) is 11.4. The first-order valence-electron chi connectivity index (χ1n) is 11.2. The number of carbonyl (C=O) groups is 1. The highest BCUT2D eigenvalue weighted by Gasteiger charge is 2.31. The van der Waals surface area contributed by atoms with Crippen LogP contribution in [0.4, 0.5) is 8.78 Å². The van der Waals surface area contributed by atoms with Gasteiger partial charge in [-0.25, -0.2) is 13.8 Å². The molecule has 0 fully saturated rings. The maximum Gasteiger partial charge on any atom is 0.202 e. The average molecular weight is 511 g/mol. The Morgan fingerprint density at radius 2 is 1.67 bits per heavy atom. The van der Waals surface area contributed by atoms with E-state index in [1.165, 1.54) is 30.3 Å². The molecular formula is C28H25ClF2N2O3. The molecule has 186 valence electrons. The van der Waals surface area contributed by atoms with Crippen LogP contribution in [0.25, 0.3) is 5.69 Å². The minimum Gasteiger partial charge on any atom is -0.493 e. The summed E-state index contributed by atoms with van der Waals surface area (Å²) in [4.78, 5) is 17.9. The summed E-state index contributed by atoms with van der Waals surface area (Å²) >= 11 is 5.90. The van der Waals surface area contributed by atoms with Gasteiger partial charge in [0.05, 0.1) is 31.1 Å². The van der Waals surface area contributed by atoms with Gasteiger partial charge in [-0.1, -0.05) is 37.6 Å². The van der Waals surface area contributed by atoms with Crippen LogP contribution in [-0.4, -0.2) is 29.6 Å². The zero-order valence-electron chi connectivity index (χ0n) is 20.3. The fourth-order valence-corrected chi connectivity index (χ4v) is 4.33.